The Labute approximate surface area is 133 Å². The number of rotatable bonds is 6. The zero-order valence-corrected chi connectivity index (χ0v) is 14.3. The van der Waals surface area contributed by atoms with Crippen LogP contribution in [-0.4, -0.2) is 50.1 Å². The summed E-state index contributed by atoms with van der Waals surface area (Å²) in [5.74, 6) is 0.685. The molecule has 0 unspecified atom stereocenters. The first-order chi connectivity index (χ1) is 10.5. The summed E-state index contributed by atoms with van der Waals surface area (Å²) in [5, 5.41) is 3.11. The number of carbonyl (C=O) groups is 1. The summed E-state index contributed by atoms with van der Waals surface area (Å²) >= 11 is 0. The molecule has 0 aromatic carbocycles. The number of nitrogens with zero attached hydrogens (tertiary/aromatic N) is 1. The summed E-state index contributed by atoms with van der Waals surface area (Å²) in [7, 11) is -3.11. The van der Waals surface area contributed by atoms with Gasteiger partial charge in [0.1, 0.15) is 0 Å². The highest BCUT2D eigenvalue weighted by atomic mass is 32.2. The second-order valence-corrected chi connectivity index (χ2v) is 8.62. The minimum absolute atomic E-state index is 0.0480. The highest BCUT2D eigenvalue weighted by Gasteiger charge is 2.34. The lowest BCUT2D eigenvalue weighted by Gasteiger charge is -2.32. The highest BCUT2D eigenvalue weighted by Crippen LogP contribution is 2.31. The first kappa shape index (κ1) is 17.7. The van der Waals surface area contributed by atoms with E-state index in [2.05, 4.69) is 5.32 Å². The van der Waals surface area contributed by atoms with E-state index in [0.29, 0.717) is 44.8 Å². The maximum Gasteiger partial charge on any atom is 0.223 e. The fourth-order valence-electron chi connectivity index (χ4n) is 3.64. The van der Waals surface area contributed by atoms with Crippen LogP contribution in [0.3, 0.4) is 0 Å². The Morgan fingerprint density at radius 3 is 2.50 bits per heavy atom. The highest BCUT2D eigenvalue weighted by molar-refractivity contribution is 7.89. The summed E-state index contributed by atoms with van der Waals surface area (Å²) in [6.07, 6.45) is 5.10. The molecular formula is C15H29N3O3S. The topological polar surface area (TPSA) is 92.5 Å². The molecule has 1 heterocycles. The SMILES string of the molecule is CCCS(=O)(=O)N1CCC(NC(=O)[C@@H]2CCC[C@@H]2CN)CC1. The van der Waals surface area contributed by atoms with Crippen molar-refractivity contribution >= 4 is 15.9 Å². The molecule has 0 radical (unpaired) electrons. The molecule has 2 fully saturated rings. The molecule has 1 saturated carbocycles. The standard InChI is InChI=1S/C15H29N3O3S/c1-2-10-22(20,21)18-8-6-13(7-9-18)17-15(19)14-5-3-4-12(14)11-16/h12-14H,2-11,16H2,1H3,(H,17,19)/t12-,14-/m1/s1. The molecule has 0 aromatic rings. The van der Waals surface area contributed by atoms with Crippen molar-refractivity contribution in [1.82, 2.24) is 9.62 Å². The van der Waals surface area contributed by atoms with Crippen LogP contribution in [0.2, 0.25) is 0 Å². The minimum atomic E-state index is -3.11. The molecule has 2 rings (SSSR count). The van der Waals surface area contributed by atoms with Crippen LogP contribution >= 0.6 is 0 Å². The van der Waals surface area contributed by atoms with Crippen LogP contribution in [0.15, 0.2) is 0 Å². The van der Waals surface area contributed by atoms with Crippen molar-refractivity contribution in [3.8, 4) is 0 Å². The summed E-state index contributed by atoms with van der Waals surface area (Å²) in [5.41, 5.74) is 5.74. The molecule has 7 heteroatoms. The molecule has 128 valence electrons. The van der Waals surface area contributed by atoms with E-state index in [0.717, 1.165) is 19.3 Å². The first-order valence-electron chi connectivity index (χ1n) is 8.46. The normalized spacial score (nSPS) is 27.9. The largest absolute Gasteiger partial charge is 0.353 e. The number of amides is 1. The van der Waals surface area contributed by atoms with Gasteiger partial charge in [-0.25, -0.2) is 12.7 Å². The smallest absolute Gasteiger partial charge is 0.223 e. The van der Waals surface area contributed by atoms with Crippen LogP contribution in [0.1, 0.15) is 45.4 Å². The van der Waals surface area contributed by atoms with Gasteiger partial charge in [0.2, 0.25) is 15.9 Å². The second-order valence-electron chi connectivity index (χ2n) is 6.53. The van der Waals surface area contributed by atoms with Gasteiger partial charge in [-0.1, -0.05) is 13.3 Å². The van der Waals surface area contributed by atoms with Crippen LogP contribution < -0.4 is 11.1 Å². The summed E-state index contributed by atoms with van der Waals surface area (Å²) in [6.45, 7) is 3.47. The van der Waals surface area contributed by atoms with Crippen molar-refractivity contribution in [2.75, 3.05) is 25.4 Å². The van der Waals surface area contributed by atoms with Crippen LogP contribution in [0, 0.1) is 11.8 Å². The van der Waals surface area contributed by atoms with E-state index in [-0.39, 0.29) is 23.6 Å². The molecule has 22 heavy (non-hydrogen) atoms. The Morgan fingerprint density at radius 1 is 1.23 bits per heavy atom. The van der Waals surface area contributed by atoms with E-state index >= 15 is 0 Å². The van der Waals surface area contributed by atoms with E-state index in [1.54, 1.807) is 4.31 Å². The van der Waals surface area contributed by atoms with E-state index in [1.807, 2.05) is 6.92 Å². The number of piperidine rings is 1. The van der Waals surface area contributed by atoms with Gasteiger partial charge in [-0.15, -0.1) is 0 Å². The van der Waals surface area contributed by atoms with E-state index in [1.165, 1.54) is 0 Å². The van der Waals surface area contributed by atoms with Crippen LogP contribution in [-0.2, 0) is 14.8 Å². The molecule has 1 aliphatic carbocycles. The van der Waals surface area contributed by atoms with Gasteiger partial charge in [0.25, 0.3) is 0 Å². The molecule has 3 N–H and O–H groups in total. The number of sulfonamides is 1. The van der Waals surface area contributed by atoms with Crippen molar-refractivity contribution in [3.05, 3.63) is 0 Å². The van der Waals surface area contributed by atoms with Crippen molar-refractivity contribution in [2.24, 2.45) is 17.6 Å². The van der Waals surface area contributed by atoms with Gasteiger partial charge in [-0.2, -0.15) is 0 Å². The molecule has 0 aromatic heterocycles. The molecule has 0 bridgehead atoms. The van der Waals surface area contributed by atoms with Crippen molar-refractivity contribution in [2.45, 2.75) is 51.5 Å². The number of hydrogen-bond acceptors (Lipinski definition) is 4. The number of nitrogens with two attached hydrogens (primary N) is 1. The Balaban J connectivity index is 1.81. The Hall–Kier alpha value is -0.660. The summed E-state index contributed by atoms with van der Waals surface area (Å²) < 4.78 is 25.6. The lowest BCUT2D eigenvalue weighted by atomic mass is 9.94. The predicted octanol–water partition coefficient (Wildman–Crippen LogP) is 0.682. The first-order valence-corrected chi connectivity index (χ1v) is 10.1. The van der Waals surface area contributed by atoms with Gasteiger partial charge >= 0.3 is 0 Å². The monoisotopic (exact) mass is 331 g/mol. The number of hydrogen-bond donors (Lipinski definition) is 2. The van der Waals surface area contributed by atoms with Gasteiger partial charge in [0, 0.05) is 25.0 Å². The average Bonchev–Trinajstić information content (AvgIpc) is 2.96. The molecule has 1 aliphatic heterocycles. The van der Waals surface area contributed by atoms with Crippen LogP contribution in [0.4, 0.5) is 0 Å². The zero-order chi connectivity index (χ0) is 16.2. The van der Waals surface area contributed by atoms with E-state index in [9.17, 15) is 13.2 Å². The molecule has 0 spiro atoms. The molecule has 1 amide bonds. The summed E-state index contributed by atoms with van der Waals surface area (Å²) in [6, 6.07) is 0.0969. The van der Waals surface area contributed by atoms with Gasteiger partial charge in [-0.3, -0.25) is 4.79 Å². The summed E-state index contributed by atoms with van der Waals surface area (Å²) in [4.78, 5) is 12.4. The van der Waals surface area contributed by atoms with Crippen LogP contribution in [0.25, 0.3) is 0 Å². The molecular weight excluding hydrogens is 302 g/mol. The second kappa shape index (κ2) is 7.75. The fraction of sp³-hybridized carbons (Fsp3) is 0.933. The van der Waals surface area contributed by atoms with E-state index < -0.39 is 10.0 Å². The lowest BCUT2D eigenvalue weighted by Crippen LogP contribution is -2.48. The third-order valence-corrected chi connectivity index (χ3v) is 7.03. The number of carbonyl (C=O) groups excluding carboxylic acids is 1. The Morgan fingerprint density at radius 2 is 1.91 bits per heavy atom. The molecule has 2 atom stereocenters. The van der Waals surface area contributed by atoms with Crippen LogP contribution in [0.5, 0.6) is 0 Å². The van der Waals surface area contributed by atoms with Gasteiger partial charge in [0.15, 0.2) is 0 Å². The quantitative estimate of drug-likeness (QED) is 0.748. The molecule has 2 aliphatic rings. The number of nitrogens with one attached hydrogen (secondary N) is 1. The van der Waals surface area contributed by atoms with Crippen molar-refractivity contribution in [1.29, 1.82) is 0 Å². The van der Waals surface area contributed by atoms with E-state index in [4.69, 9.17) is 5.73 Å². The maximum absolute atomic E-state index is 12.4. The van der Waals surface area contributed by atoms with Gasteiger partial charge in [0.05, 0.1) is 5.75 Å². The average molecular weight is 331 g/mol. The maximum atomic E-state index is 12.4. The Bertz CT molecular complexity index is 472. The molecule has 6 nitrogen and oxygen atoms in total. The minimum Gasteiger partial charge on any atom is -0.353 e. The fourth-order valence-corrected chi connectivity index (χ4v) is 5.18. The van der Waals surface area contributed by atoms with Gasteiger partial charge < -0.3 is 11.1 Å². The third kappa shape index (κ3) is 4.20. The zero-order valence-electron chi connectivity index (χ0n) is 13.5. The lowest BCUT2D eigenvalue weighted by molar-refractivity contribution is -0.126. The van der Waals surface area contributed by atoms with Crippen molar-refractivity contribution in [3.63, 3.8) is 0 Å². The third-order valence-electron chi connectivity index (χ3n) is 4.95. The van der Waals surface area contributed by atoms with Gasteiger partial charge in [-0.05, 0) is 44.6 Å². The molecule has 1 saturated heterocycles. The Kier molecular flexibility index (Phi) is 6.23. The van der Waals surface area contributed by atoms with Crippen molar-refractivity contribution < 1.29 is 13.2 Å². The predicted molar refractivity (Wildman–Crippen MR) is 86.7 cm³/mol.